The quantitative estimate of drug-likeness (QED) is 0.923. The van der Waals surface area contributed by atoms with Crippen LogP contribution in [0.3, 0.4) is 0 Å². The molecule has 0 saturated carbocycles. The van der Waals surface area contributed by atoms with Crippen molar-refractivity contribution in [2.75, 3.05) is 6.54 Å². The van der Waals surface area contributed by atoms with Gasteiger partial charge < -0.3 is 5.32 Å². The molecule has 0 atom stereocenters. The molecule has 1 heterocycles. The van der Waals surface area contributed by atoms with Gasteiger partial charge in [-0.3, -0.25) is 14.2 Å². The molecule has 1 amide bonds. The lowest BCUT2D eigenvalue weighted by Crippen LogP contribution is -2.31. The number of halogens is 2. The largest absolute Gasteiger partial charge is 0.350 e. The molecule has 110 valence electrons. The number of nitrogens with zero attached hydrogens (tertiary/aromatic N) is 2. The van der Waals surface area contributed by atoms with Gasteiger partial charge in [0.15, 0.2) is 0 Å². The van der Waals surface area contributed by atoms with Crippen molar-refractivity contribution in [3.8, 4) is 0 Å². The zero-order valence-corrected chi connectivity index (χ0v) is 11.3. The third-order valence-corrected chi connectivity index (χ3v) is 2.84. The molecule has 0 aliphatic heterocycles. The number of nitrogens with one attached hydrogen (secondary N) is 1. The topological polar surface area (TPSA) is 64.0 Å². The SMILES string of the molecule is Cc1cc(=O)n(CCNC(=O)c2c(F)cccc2F)cn1. The van der Waals surface area contributed by atoms with Gasteiger partial charge in [0.05, 0.1) is 6.33 Å². The molecule has 1 N–H and O–H groups in total. The molecule has 1 aromatic carbocycles. The number of carbonyl (C=O) groups excluding carboxylic acids is 1. The predicted molar refractivity (Wildman–Crippen MR) is 71.9 cm³/mol. The molecule has 0 spiro atoms. The number of amides is 1. The van der Waals surface area contributed by atoms with Crippen molar-refractivity contribution in [2.45, 2.75) is 13.5 Å². The van der Waals surface area contributed by atoms with E-state index in [1.54, 1.807) is 6.92 Å². The summed E-state index contributed by atoms with van der Waals surface area (Å²) in [4.78, 5) is 27.3. The van der Waals surface area contributed by atoms with Gasteiger partial charge >= 0.3 is 0 Å². The van der Waals surface area contributed by atoms with Crippen LogP contribution in [0.15, 0.2) is 35.4 Å². The third-order valence-electron chi connectivity index (χ3n) is 2.84. The molecule has 7 heteroatoms. The molecular weight excluding hydrogens is 280 g/mol. The van der Waals surface area contributed by atoms with Crippen LogP contribution in [0.5, 0.6) is 0 Å². The molecule has 0 aliphatic rings. The summed E-state index contributed by atoms with van der Waals surface area (Å²) in [5.41, 5.74) is -0.297. The summed E-state index contributed by atoms with van der Waals surface area (Å²) in [5.74, 6) is -2.72. The number of hydrogen-bond acceptors (Lipinski definition) is 3. The van der Waals surface area contributed by atoms with E-state index < -0.39 is 23.1 Å². The molecule has 5 nitrogen and oxygen atoms in total. The Bertz CT molecular complexity index is 708. The first-order chi connectivity index (χ1) is 9.99. The Hall–Kier alpha value is -2.57. The second-order valence-corrected chi connectivity index (χ2v) is 4.41. The highest BCUT2D eigenvalue weighted by Gasteiger charge is 2.16. The average molecular weight is 293 g/mol. The van der Waals surface area contributed by atoms with E-state index in [-0.39, 0.29) is 18.6 Å². The van der Waals surface area contributed by atoms with Crippen LogP contribution in [0.2, 0.25) is 0 Å². The van der Waals surface area contributed by atoms with Crippen LogP contribution in [0.4, 0.5) is 8.78 Å². The minimum atomic E-state index is -0.929. The molecule has 0 bridgehead atoms. The summed E-state index contributed by atoms with van der Waals surface area (Å²) < 4.78 is 28.1. The van der Waals surface area contributed by atoms with E-state index >= 15 is 0 Å². The highest BCUT2D eigenvalue weighted by molar-refractivity contribution is 5.94. The molecule has 2 rings (SSSR count). The Labute approximate surface area is 119 Å². The summed E-state index contributed by atoms with van der Waals surface area (Å²) in [6, 6.07) is 4.55. The van der Waals surface area contributed by atoms with Crippen LogP contribution < -0.4 is 10.9 Å². The van der Waals surface area contributed by atoms with E-state index in [2.05, 4.69) is 10.3 Å². The fraction of sp³-hybridized carbons (Fsp3) is 0.214. The van der Waals surface area contributed by atoms with Crippen molar-refractivity contribution in [2.24, 2.45) is 0 Å². The first kappa shape index (κ1) is 14.8. The molecule has 0 unspecified atom stereocenters. The number of benzene rings is 1. The smallest absolute Gasteiger partial charge is 0.257 e. The fourth-order valence-electron chi connectivity index (χ4n) is 1.78. The van der Waals surface area contributed by atoms with Gasteiger partial charge in [-0.1, -0.05) is 6.07 Å². The molecule has 0 aliphatic carbocycles. The third kappa shape index (κ3) is 3.50. The molecule has 0 radical (unpaired) electrons. The zero-order valence-electron chi connectivity index (χ0n) is 11.3. The summed E-state index contributed by atoms with van der Waals surface area (Å²) in [5, 5.41) is 2.36. The summed E-state index contributed by atoms with van der Waals surface area (Å²) in [6.07, 6.45) is 1.35. The van der Waals surface area contributed by atoms with Gasteiger partial charge in [-0.2, -0.15) is 0 Å². The van der Waals surface area contributed by atoms with Gasteiger partial charge in [0, 0.05) is 24.8 Å². The van der Waals surface area contributed by atoms with E-state index in [1.807, 2.05) is 0 Å². The summed E-state index contributed by atoms with van der Waals surface area (Å²) >= 11 is 0. The highest BCUT2D eigenvalue weighted by Crippen LogP contribution is 2.11. The number of aromatic nitrogens is 2. The summed E-state index contributed by atoms with van der Waals surface area (Å²) in [6.45, 7) is 1.90. The van der Waals surface area contributed by atoms with Crippen LogP contribution in [0.25, 0.3) is 0 Å². The second-order valence-electron chi connectivity index (χ2n) is 4.41. The van der Waals surface area contributed by atoms with Crippen molar-refractivity contribution >= 4 is 5.91 Å². The fourth-order valence-corrected chi connectivity index (χ4v) is 1.78. The molecular formula is C14H13F2N3O2. The Morgan fingerprint density at radius 3 is 2.62 bits per heavy atom. The van der Waals surface area contributed by atoms with Gasteiger partial charge in [-0.25, -0.2) is 13.8 Å². The lowest BCUT2D eigenvalue weighted by molar-refractivity contribution is 0.0943. The van der Waals surface area contributed by atoms with Gasteiger partial charge in [-0.05, 0) is 19.1 Å². The summed E-state index contributed by atoms with van der Waals surface area (Å²) in [7, 11) is 0. The van der Waals surface area contributed by atoms with Crippen molar-refractivity contribution in [3.63, 3.8) is 0 Å². The predicted octanol–water partition coefficient (Wildman–Crippen LogP) is 1.26. The van der Waals surface area contributed by atoms with Crippen LogP contribution >= 0.6 is 0 Å². The lowest BCUT2D eigenvalue weighted by Gasteiger charge is -2.08. The van der Waals surface area contributed by atoms with Crippen LogP contribution in [-0.2, 0) is 6.54 Å². The number of rotatable bonds is 4. The lowest BCUT2D eigenvalue weighted by atomic mass is 10.2. The monoisotopic (exact) mass is 293 g/mol. The van der Waals surface area contributed by atoms with Crippen molar-refractivity contribution < 1.29 is 13.6 Å². The number of carbonyl (C=O) groups is 1. The maximum absolute atomic E-state index is 13.4. The van der Waals surface area contributed by atoms with Gasteiger partial charge in [0.2, 0.25) is 0 Å². The zero-order chi connectivity index (χ0) is 15.4. The van der Waals surface area contributed by atoms with E-state index in [1.165, 1.54) is 23.0 Å². The Balaban J connectivity index is 2.00. The molecule has 0 fully saturated rings. The van der Waals surface area contributed by atoms with E-state index in [9.17, 15) is 18.4 Å². The average Bonchev–Trinajstić information content (AvgIpc) is 2.41. The van der Waals surface area contributed by atoms with Crippen LogP contribution in [0, 0.1) is 18.6 Å². The molecule has 2 aromatic rings. The van der Waals surface area contributed by atoms with E-state index in [0.29, 0.717) is 5.69 Å². The molecule has 0 saturated heterocycles. The Kier molecular flexibility index (Phi) is 4.42. The Morgan fingerprint density at radius 1 is 1.33 bits per heavy atom. The van der Waals surface area contributed by atoms with Crippen molar-refractivity contribution in [1.29, 1.82) is 0 Å². The number of aryl methyl sites for hydroxylation is 1. The normalized spacial score (nSPS) is 10.4. The standard InChI is InChI=1S/C14H13F2N3O2/c1-9-7-12(20)19(8-18-9)6-5-17-14(21)13-10(15)3-2-4-11(13)16/h2-4,7-8H,5-6H2,1H3,(H,17,21). The first-order valence-corrected chi connectivity index (χ1v) is 6.24. The van der Waals surface area contributed by atoms with Crippen molar-refractivity contribution in [1.82, 2.24) is 14.9 Å². The van der Waals surface area contributed by atoms with Gasteiger partial charge in [0.1, 0.15) is 17.2 Å². The minimum Gasteiger partial charge on any atom is -0.350 e. The molecule has 21 heavy (non-hydrogen) atoms. The van der Waals surface area contributed by atoms with Crippen LogP contribution in [-0.4, -0.2) is 22.0 Å². The van der Waals surface area contributed by atoms with Gasteiger partial charge in [-0.15, -0.1) is 0 Å². The maximum atomic E-state index is 13.4. The van der Waals surface area contributed by atoms with E-state index in [4.69, 9.17) is 0 Å². The van der Waals surface area contributed by atoms with Crippen molar-refractivity contribution in [3.05, 3.63) is 63.8 Å². The minimum absolute atomic E-state index is 0.0528. The maximum Gasteiger partial charge on any atom is 0.257 e. The van der Waals surface area contributed by atoms with E-state index in [0.717, 1.165) is 12.1 Å². The Morgan fingerprint density at radius 2 is 2.00 bits per heavy atom. The van der Waals surface area contributed by atoms with Crippen LogP contribution in [0.1, 0.15) is 16.1 Å². The first-order valence-electron chi connectivity index (χ1n) is 6.24. The number of hydrogen-bond donors (Lipinski definition) is 1. The van der Waals surface area contributed by atoms with Gasteiger partial charge in [0.25, 0.3) is 11.5 Å². The highest BCUT2D eigenvalue weighted by atomic mass is 19.1. The second kappa shape index (κ2) is 6.25. The molecule has 1 aromatic heterocycles.